The first-order chi connectivity index (χ1) is 7.26. The molecule has 0 bridgehead atoms. The quantitative estimate of drug-likeness (QED) is 0.796. The zero-order chi connectivity index (χ0) is 11.1. The van der Waals surface area contributed by atoms with Crippen LogP contribution in [0.2, 0.25) is 0 Å². The molecule has 1 unspecified atom stereocenters. The molecule has 1 heterocycles. The van der Waals surface area contributed by atoms with Gasteiger partial charge in [0.2, 0.25) is 0 Å². The second-order valence-electron chi connectivity index (χ2n) is 3.19. The molecule has 80 valence electrons. The molecule has 0 saturated heterocycles. The van der Waals surface area contributed by atoms with Crippen molar-refractivity contribution in [3.8, 4) is 6.07 Å². The number of anilines is 1. The molecule has 1 atom stereocenters. The monoisotopic (exact) mass is 205 g/mol. The van der Waals surface area contributed by atoms with Crippen molar-refractivity contribution in [2.75, 3.05) is 18.5 Å². The maximum atomic E-state index is 8.59. The molecule has 4 heteroatoms. The van der Waals surface area contributed by atoms with Gasteiger partial charge in [0.15, 0.2) is 0 Å². The fourth-order valence-corrected chi connectivity index (χ4v) is 1.16. The van der Waals surface area contributed by atoms with Gasteiger partial charge < -0.3 is 10.1 Å². The van der Waals surface area contributed by atoms with E-state index >= 15 is 0 Å². The molecule has 1 aromatic heterocycles. The van der Waals surface area contributed by atoms with E-state index in [0.717, 1.165) is 5.82 Å². The van der Waals surface area contributed by atoms with Gasteiger partial charge in [-0.1, -0.05) is 0 Å². The summed E-state index contributed by atoms with van der Waals surface area (Å²) < 4.78 is 5.37. The second-order valence-corrected chi connectivity index (χ2v) is 3.19. The maximum absolute atomic E-state index is 8.59. The number of aromatic nitrogens is 1. The molecule has 1 rings (SSSR count). The van der Waals surface area contributed by atoms with E-state index in [1.165, 1.54) is 0 Å². The van der Waals surface area contributed by atoms with Crippen LogP contribution in [0.25, 0.3) is 0 Å². The molecular weight excluding hydrogens is 190 g/mol. The summed E-state index contributed by atoms with van der Waals surface area (Å²) >= 11 is 0. The van der Waals surface area contributed by atoms with Crippen molar-refractivity contribution in [2.24, 2.45) is 0 Å². The van der Waals surface area contributed by atoms with Gasteiger partial charge in [0.25, 0.3) is 0 Å². The Morgan fingerprint density at radius 1 is 1.60 bits per heavy atom. The maximum Gasteiger partial charge on any atom is 0.126 e. The fraction of sp³-hybridized carbons (Fsp3) is 0.455. The van der Waals surface area contributed by atoms with Gasteiger partial charge in [-0.25, -0.2) is 4.98 Å². The number of rotatable bonds is 5. The first-order valence-electron chi connectivity index (χ1n) is 4.98. The first kappa shape index (κ1) is 11.5. The predicted octanol–water partition coefficient (Wildman–Crippen LogP) is 1.79. The van der Waals surface area contributed by atoms with Crippen molar-refractivity contribution >= 4 is 5.82 Å². The molecule has 15 heavy (non-hydrogen) atoms. The van der Waals surface area contributed by atoms with E-state index in [9.17, 15) is 0 Å². The van der Waals surface area contributed by atoms with Crippen LogP contribution in [0, 0.1) is 11.3 Å². The molecule has 0 fully saturated rings. The first-order valence-corrected chi connectivity index (χ1v) is 4.98. The lowest BCUT2D eigenvalue weighted by atomic mass is 10.3. The SMILES string of the molecule is CCOC(C)CNc1ccc(C#N)cn1. The van der Waals surface area contributed by atoms with Crippen molar-refractivity contribution in [2.45, 2.75) is 20.0 Å². The van der Waals surface area contributed by atoms with Crippen LogP contribution in [0.1, 0.15) is 19.4 Å². The van der Waals surface area contributed by atoms with Crippen LogP contribution in [0.3, 0.4) is 0 Å². The third-order valence-electron chi connectivity index (χ3n) is 1.91. The highest BCUT2D eigenvalue weighted by molar-refractivity contribution is 5.38. The van der Waals surface area contributed by atoms with Crippen molar-refractivity contribution in [1.29, 1.82) is 5.26 Å². The van der Waals surface area contributed by atoms with Crippen molar-refractivity contribution in [3.05, 3.63) is 23.9 Å². The minimum Gasteiger partial charge on any atom is -0.377 e. The van der Waals surface area contributed by atoms with Gasteiger partial charge in [-0.05, 0) is 26.0 Å². The molecule has 0 aliphatic carbocycles. The third kappa shape index (κ3) is 3.96. The molecule has 1 aromatic rings. The van der Waals surface area contributed by atoms with E-state index < -0.39 is 0 Å². The summed E-state index contributed by atoms with van der Waals surface area (Å²) in [7, 11) is 0. The summed E-state index contributed by atoms with van der Waals surface area (Å²) in [5.74, 6) is 0.764. The van der Waals surface area contributed by atoms with Gasteiger partial charge >= 0.3 is 0 Å². The van der Waals surface area contributed by atoms with Gasteiger partial charge in [-0.15, -0.1) is 0 Å². The Kier molecular flexibility index (Phi) is 4.58. The van der Waals surface area contributed by atoms with Crippen LogP contribution in [0.15, 0.2) is 18.3 Å². The Morgan fingerprint density at radius 3 is 2.93 bits per heavy atom. The number of hydrogen-bond acceptors (Lipinski definition) is 4. The number of nitrogens with zero attached hydrogens (tertiary/aromatic N) is 2. The Bertz CT molecular complexity index is 329. The molecular formula is C11H15N3O. The van der Waals surface area contributed by atoms with Crippen LogP contribution < -0.4 is 5.32 Å². The summed E-state index contributed by atoms with van der Waals surface area (Å²) in [4.78, 5) is 4.09. The Labute approximate surface area is 89.9 Å². The fourth-order valence-electron chi connectivity index (χ4n) is 1.16. The van der Waals surface area contributed by atoms with Crippen molar-refractivity contribution < 1.29 is 4.74 Å². The molecule has 0 spiro atoms. The molecule has 1 N–H and O–H groups in total. The van der Waals surface area contributed by atoms with E-state index in [-0.39, 0.29) is 6.10 Å². The predicted molar refractivity (Wildman–Crippen MR) is 58.5 cm³/mol. The number of pyridine rings is 1. The number of hydrogen-bond donors (Lipinski definition) is 1. The summed E-state index contributed by atoms with van der Waals surface area (Å²) in [5, 5.41) is 11.7. The zero-order valence-electron chi connectivity index (χ0n) is 9.03. The van der Waals surface area contributed by atoms with Gasteiger partial charge in [0, 0.05) is 19.3 Å². The molecule has 0 aliphatic rings. The van der Waals surface area contributed by atoms with Crippen LogP contribution in [-0.2, 0) is 4.74 Å². The van der Waals surface area contributed by atoms with Crippen LogP contribution in [-0.4, -0.2) is 24.2 Å². The highest BCUT2D eigenvalue weighted by atomic mass is 16.5. The lowest BCUT2D eigenvalue weighted by Crippen LogP contribution is -2.20. The summed E-state index contributed by atoms with van der Waals surface area (Å²) in [6.07, 6.45) is 1.71. The molecule has 0 radical (unpaired) electrons. The van der Waals surface area contributed by atoms with Gasteiger partial charge in [0.1, 0.15) is 11.9 Å². The second kappa shape index (κ2) is 5.99. The van der Waals surface area contributed by atoms with E-state index in [1.54, 1.807) is 18.3 Å². The minimum absolute atomic E-state index is 0.160. The summed E-state index contributed by atoms with van der Waals surface area (Å²) in [5.41, 5.74) is 0.568. The lowest BCUT2D eigenvalue weighted by Gasteiger charge is -2.12. The molecule has 0 amide bonds. The Morgan fingerprint density at radius 2 is 2.40 bits per heavy atom. The number of ether oxygens (including phenoxy) is 1. The van der Waals surface area contributed by atoms with E-state index in [1.807, 2.05) is 19.9 Å². The van der Waals surface area contributed by atoms with Crippen molar-refractivity contribution in [1.82, 2.24) is 4.98 Å². The van der Waals surface area contributed by atoms with Gasteiger partial charge in [-0.3, -0.25) is 0 Å². The van der Waals surface area contributed by atoms with Gasteiger partial charge in [0.05, 0.1) is 11.7 Å². The topological polar surface area (TPSA) is 57.9 Å². The highest BCUT2D eigenvalue weighted by Crippen LogP contribution is 2.04. The molecule has 4 nitrogen and oxygen atoms in total. The van der Waals surface area contributed by atoms with E-state index in [4.69, 9.17) is 10.00 Å². The Balaban J connectivity index is 2.41. The largest absolute Gasteiger partial charge is 0.377 e. The van der Waals surface area contributed by atoms with E-state index in [0.29, 0.717) is 18.7 Å². The zero-order valence-corrected chi connectivity index (χ0v) is 9.03. The number of nitriles is 1. The highest BCUT2D eigenvalue weighted by Gasteiger charge is 2.00. The average molecular weight is 205 g/mol. The average Bonchev–Trinajstić information content (AvgIpc) is 2.27. The summed E-state index contributed by atoms with van der Waals surface area (Å²) in [6.45, 7) is 5.40. The molecule has 0 aromatic carbocycles. The smallest absolute Gasteiger partial charge is 0.126 e. The van der Waals surface area contributed by atoms with Crippen LogP contribution in [0.4, 0.5) is 5.82 Å². The lowest BCUT2D eigenvalue weighted by molar-refractivity contribution is 0.0855. The van der Waals surface area contributed by atoms with Crippen molar-refractivity contribution in [3.63, 3.8) is 0 Å². The van der Waals surface area contributed by atoms with E-state index in [2.05, 4.69) is 10.3 Å². The summed E-state index contributed by atoms with van der Waals surface area (Å²) in [6, 6.07) is 5.55. The molecule has 0 saturated carbocycles. The molecule has 0 aliphatic heterocycles. The van der Waals surface area contributed by atoms with Gasteiger partial charge in [-0.2, -0.15) is 5.26 Å². The number of nitrogens with one attached hydrogen (secondary N) is 1. The third-order valence-corrected chi connectivity index (χ3v) is 1.91. The minimum atomic E-state index is 0.160. The van der Waals surface area contributed by atoms with Crippen LogP contribution in [0.5, 0.6) is 0 Å². The normalized spacial score (nSPS) is 11.8. The van der Waals surface area contributed by atoms with Crippen LogP contribution >= 0.6 is 0 Å². The standard InChI is InChI=1S/C11H15N3O/c1-3-15-9(2)7-13-11-5-4-10(6-12)8-14-11/h4-5,8-9H,3,7H2,1-2H3,(H,13,14). The Hall–Kier alpha value is -1.60.